The fourth-order valence-electron chi connectivity index (χ4n) is 8.47. The van der Waals surface area contributed by atoms with Crippen molar-refractivity contribution in [3.8, 4) is 11.3 Å². The zero-order valence-corrected chi connectivity index (χ0v) is 23.7. The van der Waals surface area contributed by atoms with Crippen molar-refractivity contribution in [2.24, 2.45) is 40.9 Å². The third-order valence-electron chi connectivity index (χ3n) is 11.0. The molecule has 0 spiro atoms. The normalized spacial score (nSPS) is 38.9. The summed E-state index contributed by atoms with van der Waals surface area (Å²) in [5.41, 5.74) is 4.07. The molecule has 2 nitrogen and oxygen atoms in total. The highest BCUT2D eigenvalue weighted by atomic mass is 14.9. The Bertz CT molecular complexity index is 1320. The lowest BCUT2D eigenvalue weighted by Crippen LogP contribution is -2.34. The average molecular weight is 517 g/mol. The SMILES string of the molecule is CC1CC(C2C=CC3(C)C=CCCC3C2)C=CC1c1nc(-c2ccc(C3CCC4C=CC=CC4C3)cc2)c[nH]1. The molecule has 2 aromatic rings. The number of nitrogens with zero attached hydrogens (tertiary/aromatic N) is 1. The number of nitrogens with one attached hydrogen (secondary N) is 1. The number of rotatable bonds is 4. The van der Waals surface area contributed by atoms with Gasteiger partial charge in [0.15, 0.2) is 0 Å². The summed E-state index contributed by atoms with van der Waals surface area (Å²) in [7, 11) is 0. The van der Waals surface area contributed by atoms with Crippen LogP contribution in [0.25, 0.3) is 11.3 Å². The van der Waals surface area contributed by atoms with Crippen LogP contribution in [0, 0.1) is 40.9 Å². The molecule has 7 rings (SSSR count). The van der Waals surface area contributed by atoms with Gasteiger partial charge in [-0.3, -0.25) is 0 Å². The van der Waals surface area contributed by atoms with E-state index in [0.717, 1.165) is 23.4 Å². The Hall–Kier alpha value is -2.87. The van der Waals surface area contributed by atoms with Crippen molar-refractivity contribution in [2.75, 3.05) is 0 Å². The van der Waals surface area contributed by atoms with Crippen molar-refractivity contribution in [3.63, 3.8) is 0 Å². The number of hydrogen-bond acceptors (Lipinski definition) is 1. The summed E-state index contributed by atoms with van der Waals surface area (Å²) in [6.45, 7) is 4.85. The van der Waals surface area contributed by atoms with E-state index in [9.17, 15) is 0 Å². The van der Waals surface area contributed by atoms with E-state index in [0.29, 0.717) is 35.5 Å². The lowest BCUT2D eigenvalue weighted by Gasteiger charge is -2.43. The summed E-state index contributed by atoms with van der Waals surface area (Å²) in [6.07, 6.45) is 35.4. The topological polar surface area (TPSA) is 28.7 Å². The molecule has 1 aromatic heterocycles. The lowest BCUT2D eigenvalue weighted by molar-refractivity contribution is 0.195. The number of imidazole rings is 1. The third-order valence-corrected chi connectivity index (χ3v) is 11.0. The summed E-state index contributed by atoms with van der Waals surface area (Å²) in [5.74, 6) is 6.36. The molecule has 1 aromatic carbocycles. The van der Waals surface area contributed by atoms with Gasteiger partial charge in [-0.15, -0.1) is 0 Å². The van der Waals surface area contributed by atoms with Crippen LogP contribution in [-0.2, 0) is 0 Å². The Labute approximate surface area is 235 Å². The van der Waals surface area contributed by atoms with E-state index in [-0.39, 0.29) is 5.41 Å². The Kier molecular flexibility index (Phi) is 6.61. The van der Waals surface area contributed by atoms with Gasteiger partial charge in [0, 0.05) is 23.1 Å². The standard InChI is InChI=1S/C37H44N2/c1-25-21-30(32-18-20-37(2)19-6-5-9-33(37)23-32)16-17-34(25)36-38-24-35(39-36)28-13-10-27(11-14-28)31-15-12-26-7-3-4-8-29(26)22-31/h3-4,6-8,10-11,13-14,16-20,24-26,29-34H,5,9,12,15,21-23H2,1-2H3,(H,38,39). The molecular formula is C37H44N2. The van der Waals surface area contributed by atoms with Gasteiger partial charge in [0.1, 0.15) is 5.82 Å². The van der Waals surface area contributed by atoms with Crippen LogP contribution in [0.3, 0.4) is 0 Å². The summed E-state index contributed by atoms with van der Waals surface area (Å²) in [4.78, 5) is 8.66. The van der Waals surface area contributed by atoms with Crippen LogP contribution >= 0.6 is 0 Å². The second-order valence-electron chi connectivity index (χ2n) is 13.5. The van der Waals surface area contributed by atoms with Gasteiger partial charge in [0.2, 0.25) is 0 Å². The fourth-order valence-corrected chi connectivity index (χ4v) is 8.47. The first-order chi connectivity index (χ1) is 19.1. The lowest BCUT2D eigenvalue weighted by atomic mass is 9.61. The maximum atomic E-state index is 5.11. The summed E-state index contributed by atoms with van der Waals surface area (Å²) >= 11 is 0. The van der Waals surface area contributed by atoms with Gasteiger partial charge in [-0.25, -0.2) is 4.98 Å². The van der Waals surface area contributed by atoms with Crippen LogP contribution in [-0.4, -0.2) is 9.97 Å². The average Bonchev–Trinajstić information content (AvgIpc) is 3.46. The largest absolute Gasteiger partial charge is 0.347 e. The highest BCUT2D eigenvalue weighted by Crippen LogP contribution is 2.49. The Morgan fingerprint density at radius 2 is 1.59 bits per heavy atom. The van der Waals surface area contributed by atoms with Gasteiger partial charge in [-0.1, -0.05) is 98.9 Å². The molecule has 39 heavy (non-hydrogen) atoms. The zero-order chi connectivity index (χ0) is 26.4. The number of allylic oxidation sites excluding steroid dienone is 10. The van der Waals surface area contributed by atoms with Crippen LogP contribution in [0.15, 0.2) is 91.2 Å². The van der Waals surface area contributed by atoms with Crippen molar-refractivity contribution in [2.45, 2.75) is 70.6 Å². The first-order valence-corrected chi connectivity index (χ1v) is 15.6. The molecule has 1 saturated carbocycles. The first-order valence-electron chi connectivity index (χ1n) is 15.6. The van der Waals surface area contributed by atoms with Crippen molar-refractivity contribution in [1.29, 1.82) is 0 Å². The minimum Gasteiger partial charge on any atom is -0.347 e. The number of H-pyrrole nitrogens is 1. The van der Waals surface area contributed by atoms with Gasteiger partial charge in [-0.2, -0.15) is 0 Å². The minimum atomic E-state index is 0.286. The zero-order valence-electron chi connectivity index (χ0n) is 23.7. The van der Waals surface area contributed by atoms with Gasteiger partial charge in [0.25, 0.3) is 0 Å². The highest BCUT2D eigenvalue weighted by Gasteiger charge is 2.39. The maximum Gasteiger partial charge on any atom is 0.114 e. The summed E-state index contributed by atoms with van der Waals surface area (Å²) in [6, 6.07) is 9.29. The van der Waals surface area contributed by atoms with Crippen molar-refractivity contribution in [3.05, 3.63) is 103 Å². The molecule has 2 heteroatoms. The van der Waals surface area contributed by atoms with Crippen molar-refractivity contribution < 1.29 is 0 Å². The fraction of sp³-hybridized carbons (Fsp3) is 0.486. The molecule has 0 radical (unpaired) electrons. The molecule has 0 saturated heterocycles. The summed E-state index contributed by atoms with van der Waals surface area (Å²) in [5, 5.41) is 0. The van der Waals surface area contributed by atoms with Crippen molar-refractivity contribution in [1.82, 2.24) is 9.97 Å². The second kappa shape index (κ2) is 10.3. The Balaban J connectivity index is 1.01. The van der Waals surface area contributed by atoms with E-state index >= 15 is 0 Å². The van der Waals surface area contributed by atoms with E-state index in [1.54, 1.807) is 0 Å². The quantitative estimate of drug-likeness (QED) is 0.403. The Morgan fingerprint density at radius 1 is 0.795 bits per heavy atom. The van der Waals surface area contributed by atoms with E-state index in [1.165, 1.54) is 56.1 Å². The maximum absolute atomic E-state index is 5.11. The van der Waals surface area contributed by atoms with Crippen LogP contribution in [0.5, 0.6) is 0 Å². The van der Waals surface area contributed by atoms with Crippen LogP contribution in [0.1, 0.15) is 82.0 Å². The molecule has 0 amide bonds. The highest BCUT2D eigenvalue weighted by molar-refractivity contribution is 5.59. The molecule has 9 unspecified atom stereocenters. The number of hydrogen-bond donors (Lipinski definition) is 1. The predicted octanol–water partition coefficient (Wildman–Crippen LogP) is 9.55. The van der Waals surface area contributed by atoms with Gasteiger partial charge in [0.05, 0.1) is 5.69 Å². The third kappa shape index (κ3) is 4.85. The second-order valence-corrected chi connectivity index (χ2v) is 13.5. The number of aromatic amines is 1. The molecule has 5 aliphatic rings. The molecule has 0 aliphatic heterocycles. The van der Waals surface area contributed by atoms with E-state index < -0.39 is 0 Å². The van der Waals surface area contributed by atoms with E-state index in [2.05, 4.69) is 110 Å². The van der Waals surface area contributed by atoms with E-state index in [4.69, 9.17) is 4.98 Å². The van der Waals surface area contributed by atoms with Crippen LogP contribution in [0.2, 0.25) is 0 Å². The monoisotopic (exact) mass is 516 g/mol. The molecule has 0 bridgehead atoms. The van der Waals surface area contributed by atoms with Crippen LogP contribution < -0.4 is 0 Å². The van der Waals surface area contributed by atoms with Crippen LogP contribution in [0.4, 0.5) is 0 Å². The molecular weight excluding hydrogens is 472 g/mol. The van der Waals surface area contributed by atoms with Gasteiger partial charge in [-0.05, 0) is 91.9 Å². The summed E-state index contributed by atoms with van der Waals surface area (Å²) < 4.78 is 0. The molecule has 5 aliphatic carbocycles. The number of benzene rings is 1. The van der Waals surface area contributed by atoms with Gasteiger partial charge < -0.3 is 4.98 Å². The number of aromatic nitrogens is 2. The Morgan fingerprint density at radius 3 is 2.44 bits per heavy atom. The molecule has 1 N–H and O–H groups in total. The molecule has 9 atom stereocenters. The molecule has 1 fully saturated rings. The molecule has 202 valence electrons. The first kappa shape index (κ1) is 25.1. The smallest absolute Gasteiger partial charge is 0.114 e. The van der Waals surface area contributed by atoms with Crippen molar-refractivity contribution >= 4 is 0 Å². The van der Waals surface area contributed by atoms with E-state index in [1.807, 2.05) is 0 Å². The van der Waals surface area contributed by atoms with Gasteiger partial charge >= 0.3 is 0 Å². The predicted molar refractivity (Wildman–Crippen MR) is 162 cm³/mol. The minimum absolute atomic E-state index is 0.286. The number of fused-ring (bicyclic) bond motifs is 2. The molecule has 1 heterocycles.